The first-order chi connectivity index (χ1) is 8.49. The summed E-state index contributed by atoms with van der Waals surface area (Å²) >= 11 is 0. The quantitative estimate of drug-likeness (QED) is 0.860. The van der Waals surface area contributed by atoms with E-state index in [1.165, 1.54) is 0 Å². The Morgan fingerprint density at radius 2 is 1.50 bits per heavy atom. The molecule has 1 atom stereocenters. The summed E-state index contributed by atoms with van der Waals surface area (Å²) in [4.78, 5) is 10.5. The lowest BCUT2D eigenvalue weighted by Crippen LogP contribution is -2.15. The fraction of sp³-hybridized carbons (Fsp3) is 0.533. The van der Waals surface area contributed by atoms with E-state index in [1.807, 2.05) is 59.7 Å². The lowest BCUT2D eigenvalue weighted by Gasteiger charge is -2.11. The van der Waals surface area contributed by atoms with Gasteiger partial charge in [-0.05, 0) is 19.4 Å². The molecule has 0 saturated heterocycles. The highest BCUT2D eigenvalue weighted by Crippen LogP contribution is 2.17. The van der Waals surface area contributed by atoms with E-state index in [0.717, 1.165) is 16.7 Å². The Morgan fingerprint density at radius 1 is 1.11 bits per heavy atom. The Bertz CT molecular complexity index is 328. The Hall–Kier alpha value is -1.35. The van der Waals surface area contributed by atoms with Gasteiger partial charge in [0.25, 0.3) is 0 Å². The minimum Gasteiger partial charge on any atom is -0.481 e. The van der Waals surface area contributed by atoms with Gasteiger partial charge in [-0.3, -0.25) is 4.79 Å². The first-order valence-corrected chi connectivity index (χ1v) is 6.54. The molecule has 0 saturated carbocycles. The molecule has 0 aromatic heterocycles. The molecule has 1 aromatic rings. The number of benzene rings is 1. The number of aryl methyl sites for hydroxylation is 2. The van der Waals surface area contributed by atoms with Gasteiger partial charge in [0.15, 0.2) is 0 Å². The van der Waals surface area contributed by atoms with Crippen molar-refractivity contribution in [3.8, 4) is 0 Å². The summed E-state index contributed by atoms with van der Waals surface area (Å²) in [6.45, 7) is 12.0. The van der Waals surface area contributed by atoms with E-state index in [4.69, 9.17) is 10.8 Å². The van der Waals surface area contributed by atoms with Crippen LogP contribution in [0.1, 0.15) is 56.8 Å². The molecule has 0 aliphatic rings. The van der Waals surface area contributed by atoms with Gasteiger partial charge in [0.1, 0.15) is 0 Å². The summed E-state index contributed by atoms with van der Waals surface area (Å²) in [6, 6.07) is 5.49. The summed E-state index contributed by atoms with van der Waals surface area (Å²) in [7, 11) is 0. The Balaban J connectivity index is 0. The third-order valence-electron chi connectivity index (χ3n) is 2.07. The van der Waals surface area contributed by atoms with Crippen LogP contribution in [0.5, 0.6) is 0 Å². The second kappa shape index (κ2) is 10.8. The van der Waals surface area contributed by atoms with E-state index in [1.54, 1.807) is 0 Å². The molecule has 0 aliphatic carbocycles. The van der Waals surface area contributed by atoms with Crippen LogP contribution in [0.25, 0.3) is 0 Å². The monoisotopic (exact) mass is 253 g/mol. The predicted molar refractivity (Wildman–Crippen MR) is 77.8 cm³/mol. The third-order valence-corrected chi connectivity index (χ3v) is 2.07. The van der Waals surface area contributed by atoms with Gasteiger partial charge in [-0.2, -0.15) is 0 Å². The molecule has 0 heterocycles. The highest BCUT2D eigenvalue weighted by Gasteiger charge is 2.10. The van der Waals surface area contributed by atoms with Crippen LogP contribution in [-0.4, -0.2) is 11.1 Å². The Labute approximate surface area is 111 Å². The first-order valence-electron chi connectivity index (χ1n) is 6.54. The molecule has 1 aromatic carbocycles. The van der Waals surface area contributed by atoms with E-state index in [9.17, 15) is 4.79 Å². The van der Waals surface area contributed by atoms with E-state index in [2.05, 4.69) is 0 Å². The summed E-state index contributed by atoms with van der Waals surface area (Å²) in [5.74, 6) is -0.864. The number of nitrogens with two attached hydrogens (primary N) is 1. The summed E-state index contributed by atoms with van der Waals surface area (Å²) in [5, 5.41) is 8.60. The van der Waals surface area contributed by atoms with Crippen molar-refractivity contribution in [1.29, 1.82) is 0 Å². The maximum absolute atomic E-state index is 10.5. The zero-order valence-electron chi connectivity index (χ0n) is 12.4. The average molecular weight is 253 g/mol. The molecule has 1 unspecified atom stereocenters. The van der Waals surface area contributed by atoms with Crippen LogP contribution >= 0.6 is 0 Å². The highest BCUT2D eigenvalue weighted by molar-refractivity contribution is 5.67. The van der Waals surface area contributed by atoms with Gasteiger partial charge in [0, 0.05) is 6.04 Å². The normalized spacial score (nSPS) is 10.4. The highest BCUT2D eigenvalue weighted by atomic mass is 16.4. The molecule has 3 heteroatoms. The molecule has 3 N–H and O–H groups in total. The van der Waals surface area contributed by atoms with Crippen molar-refractivity contribution < 1.29 is 9.90 Å². The number of aliphatic carboxylic acids is 1. The van der Waals surface area contributed by atoms with Crippen molar-refractivity contribution in [2.45, 2.75) is 54.0 Å². The molecule has 18 heavy (non-hydrogen) atoms. The molecule has 0 radical (unpaired) electrons. The molecule has 0 aliphatic heterocycles. The van der Waals surface area contributed by atoms with Crippen LogP contribution in [0, 0.1) is 13.8 Å². The molecule has 3 nitrogen and oxygen atoms in total. The number of carboxylic acid groups (broad SMARTS) is 1. The van der Waals surface area contributed by atoms with E-state index < -0.39 is 12.0 Å². The van der Waals surface area contributed by atoms with Crippen LogP contribution < -0.4 is 5.73 Å². The second-order valence-corrected chi connectivity index (χ2v) is 3.63. The number of carbonyl (C=O) groups is 1. The average Bonchev–Trinajstić information content (AvgIpc) is 2.32. The summed E-state index contributed by atoms with van der Waals surface area (Å²) in [6.07, 6.45) is -0.0249. The van der Waals surface area contributed by atoms with Crippen molar-refractivity contribution >= 4 is 5.97 Å². The van der Waals surface area contributed by atoms with E-state index in [-0.39, 0.29) is 6.42 Å². The van der Waals surface area contributed by atoms with Crippen LogP contribution in [0.2, 0.25) is 0 Å². The van der Waals surface area contributed by atoms with Crippen molar-refractivity contribution in [2.24, 2.45) is 5.73 Å². The minimum atomic E-state index is -0.864. The molecule has 104 valence electrons. The van der Waals surface area contributed by atoms with Crippen molar-refractivity contribution in [3.63, 3.8) is 0 Å². The van der Waals surface area contributed by atoms with Crippen molar-refractivity contribution in [1.82, 2.24) is 0 Å². The van der Waals surface area contributed by atoms with Crippen LogP contribution in [0.15, 0.2) is 18.2 Å². The smallest absolute Gasteiger partial charge is 0.305 e. The third kappa shape index (κ3) is 7.85. The summed E-state index contributed by atoms with van der Waals surface area (Å²) in [5.41, 5.74) is 8.87. The first kappa shape index (κ1) is 19.0. The Morgan fingerprint density at radius 3 is 1.83 bits per heavy atom. The number of hydrogen-bond donors (Lipinski definition) is 2. The number of carboxylic acids is 1. The maximum atomic E-state index is 10.5. The van der Waals surface area contributed by atoms with Crippen LogP contribution in [-0.2, 0) is 4.79 Å². The van der Waals surface area contributed by atoms with E-state index >= 15 is 0 Å². The molecule has 0 fully saturated rings. The van der Waals surface area contributed by atoms with Gasteiger partial charge < -0.3 is 10.8 Å². The maximum Gasteiger partial charge on any atom is 0.305 e. The van der Waals surface area contributed by atoms with Gasteiger partial charge >= 0.3 is 5.97 Å². The van der Waals surface area contributed by atoms with Crippen molar-refractivity contribution in [2.75, 3.05) is 0 Å². The van der Waals surface area contributed by atoms with Gasteiger partial charge in [0.2, 0.25) is 0 Å². The van der Waals surface area contributed by atoms with Crippen molar-refractivity contribution in [3.05, 3.63) is 34.9 Å². The van der Waals surface area contributed by atoms with Gasteiger partial charge in [-0.1, -0.05) is 57.0 Å². The minimum absolute atomic E-state index is 0.0249. The van der Waals surface area contributed by atoms with Crippen LogP contribution in [0.3, 0.4) is 0 Å². The molecular formula is C15H27NO2. The topological polar surface area (TPSA) is 63.3 Å². The van der Waals surface area contributed by atoms with Gasteiger partial charge in [0.05, 0.1) is 6.42 Å². The SMILES string of the molecule is CC.CC.Cc1cc(C)cc(C(N)CC(=O)O)c1. The number of rotatable bonds is 3. The number of hydrogen-bond acceptors (Lipinski definition) is 2. The predicted octanol–water partition coefficient (Wildman–Crippen LogP) is 3.83. The van der Waals surface area contributed by atoms with Gasteiger partial charge in [-0.15, -0.1) is 0 Å². The second-order valence-electron chi connectivity index (χ2n) is 3.63. The zero-order chi connectivity index (χ0) is 14.7. The van der Waals surface area contributed by atoms with Crippen LogP contribution in [0.4, 0.5) is 0 Å². The summed E-state index contributed by atoms with van der Waals surface area (Å²) < 4.78 is 0. The largest absolute Gasteiger partial charge is 0.481 e. The van der Waals surface area contributed by atoms with Gasteiger partial charge in [-0.25, -0.2) is 0 Å². The molecule has 0 amide bonds. The Kier molecular flexibility index (Phi) is 11.4. The standard InChI is InChI=1S/C11H15NO2.2C2H6/c1-7-3-8(2)5-9(4-7)10(12)6-11(13)14;2*1-2/h3-5,10H,6,12H2,1-2H3,(H,13,14);2*1-2H3. The van der Waals surface area contributed by atoms with E-state index in [0.29, 0.717) is 0 Å². The molecule has 0 bridgehead atoms. The molecule has 1 rings (SSSR count). The fourth-order valence-electron chi connectivity index (χ4n) is 1.53. The lowest BCUT2D eigenvalue weighted by molar-refractivity contribution is -0.137. The zero-order valence-corrected chi connectivity index (χ0v) is 12.4. The molecular weight excluding hydrogens is 226 g/mol. The fourth-order valence-corrected chi connectivity index (χ4v) is 1.53. The lowest BCUT2D eigenvalue weighted by atomic mass is 10.00. The molecule has 0 spiro atoms.